The monoisotopic (exact) mass is 357 g/mol. The lowest BCUT2D eigenvalue weighted by Crippen LogP contribution is -2.11. The molecule has 2 aromatic heterocycles. The van der Waals surface area contributed by atoms with E-state index in [-0.39, 0.29) is 4.21 Å². The van der Waals surface area contributed by atoms with Gasteiger partial charge in [-0.25, -0.2) is 8.42 Å². The number of aromatic nitrogens is 2. The molecule has 0 fully saturated rings. The first-order chi connectivity index (χ1) is 9.04. The van der Waals surface area contributed by atoms with E-state index >= 15 is 0 Å². The highest BCUT2D eigenvalue weighted by Crippen LogP contribution is 2.26. The number of hydrogen-bond donors (Lipinski definition) is 2. The molecular formula is C11H8BrN3O2S2. The van der Waals surface area contributed by atoms with Gasteiger partial charge in [-0.3, -0.25) is 9.82 Å². The molecule has 3 aromatic rings. The van der Waals surface area contributed by atoms with Crippen LogP contribution in [0, 0.1) is 0 Å². The van der Waals surface area contributed by atoms with Gasteiger partial charge in [0.1, 0.15) is 4.21 Å². The fourth-order valence-corrected chi connectivity index (χ4v) is 4.54. The van der Waals surface area contributed by atoms with Crippen molar-refractivity contribution in [2.24, 2.45) is 0 Å². The van der Waals surface area contributed by atoms with E-state index in [1.165, 1.54) is 0 Å². The molecule has 0 saturated carbocycles. The maximum atomic E-state index is 12.1. The molecule has 2 heterocycles. The molecule has 2 N–H and O–H groups in total. The normalized spacial score (nSPS) is 11.8. The Morgan fingerprint density at radius 2 is 2.16 bits per heavy atom. The van der Waals surface area contributed by atoms with Crippen molar-refractivity contribution in [3.63, 3.8) is 0 Å². The fourth-order valence-electron chi connectivity index (χ4n) is 1.64. The number of nitrogens with zero attached hydrogens (tertiary/aromatic N) is 1. The number of aromatic amines is 1. The minimum absolute atomic E-state index is 0.268. The SMILES string of the molecule is O=S(=O)(Nc1ccc2cn[nH]c2c1)c1cc(Br)cs1. The molecule has 0 aliphatic carbocycles. The van der Waals surface area contributed by atoms with Gasteiger partial charge >= 0.3 is 0 Å². The summed E-state index contributed by atoms with van der Waals surface area (Å²) in [6.07, 6.45) is 1.68. The Kier molecular flexibility index (Phi) is 3.08. The van der Waals surface area contributed by atoms with E-state index in [1.54, 1.807) is 35.8 Å². The molecular weight excluding hydrogens is 350 g/mol. The Balaban J connectivity index is 1.95. The van der Waals surface area contributed by atoms with Crippen LogP contribution < -0.4 is 4.72 Å². The van der Waals surface area contributed by atoms with Crippen molar-refractivity contribution in [2.75, 3.05) is 4.72 Å². The van der Waals surface area contributed by atoms with Gasteiger partial charge in [-0.1, -0.05) is 0 Å². The lowest BCUT2D eigenvalue weighted by atomic mass is 10.2. The number of hydrogen-bond acceptors (Lipinski definition) is 4. The minimum Gasteiger partial charge on any atom is -0.279 e. The van der Waals surface area contributed by atoms with Crippen molar-refractivity contribution >= 4 is 53.9 Å². The number of H-pyrrole nitrogens is 1. The zero-order chi connectivity index (χ0) is 13.5. The van der Waals surface area contributed by atoms with Gasteiger partial charge in [0.2, 0.25) is 0 Å². The van der Waals surface area contributed by atoms with Crippen molar-refractivity contribution in [3.05, 3.63) is 40.3 Å². The zero-order valence-electron chi connectivity index (χ0n) is 9.42. The van der Waals surface area contributed by atoms with Gasteiger partial charge in [-0.2, -0.15) is 5.10 Å². The van der Waals surface area contributed by atoms with Crippen LogP contribution in [-0.2, 0) is 10.0 Å². The van der Waals surface area contributed by atoms with E-state index in [0.717, 1.165) is 26.7 Å². The highest BCUT2D eigenvalue weighted by Gasteiger charge is 2.16. The summed E-state index contributed by atoms with van der Waals surface area (Å²) in [5.74, 6) is 0. The van der Waals surface area contributed by atoms with E-state index in [2.05, 4.69) is 30.8 Å². The molecule has 0 aliphatic rings. The van der Waals surface area contributed by atoms with Crippen LogP contribution in [0.5, 0.6) is 0 Å². The lowest BCUT2D eigenvalue weighted by Gasteiger charge is -2.05. The Morgan fingerprint density at radius 3 is 2.89 bits per heavy atom. The standard InChI is InChI=1S/C11H8BrN3O2S2/c12-8-3-11(18-6-8)19(16,17)15-9-2-1-7-5-13-14-10(7)4-9/h1-6,15H,(H,13,14). The van der Waals surface area contributed by atoms with Crippen LogP contribution in [0.1, 0.15) is 0 Å². The van der Waals surface area contributed by atoms with Crippen molar-refractivity contribution < 1.29 is 8.42 Å². The van der Waals surface area contributed by atoms with E-state index < -0.39 is 10.0 Å². The molecule has 0 saturated heterocycles. The molecule has 0 unspecified atom stereocenters. The van der Waals surface area contributed by atoms with Crippen molar-refractivity contribution in [2.45, 2.75) is 4.21 Å². The Hall–Kier alpha value is -1.38. The van der Waals surface area contributed by atoms with Crippen LogP contribution >= 0.6 is 27.3 Å². The molecule has 0 aliphatic heterocycles. The number of sulfonamides is 1. The van der Waals surface area contributed by atoms with Gasteiger partial charge in [0.15, 0.2) is 0 Å². The molecule has 3 rings (SSSR count). The van der Waals surface area contributed by atoms with E-state index in [1.807, 2.05) is 0 Å². The summed E-state index contributed by atoms with van der Waals surface area (Å²) in [7, 11) is -3.54. The molecule has 0 spiro atoms. The van der Waals surface area contributed by atoms with E-state index in [4.69, 9.17) is 0 Å². The number of halogens is 1. The van der Waals surface area contributed by atoms with Crippen LogP contribution in [0.3, 0.4) is 0 Å². The molecule has 0 radical (unpaired) electrons. The lowest BCUT2D eigenvalue weighted by molar-refractivity contribution is 0.603. The second kappa shape index (κ2) is 4.62. The molecule has 0 atom stereocenters. The maximum absolute atomic E-state index is 12.1. The van der Waals surface area contributed by atoms with Crippen LogP contribution in [0.15, 0.2) is 44.5 Å². The Labute approximate surface area is 121 Å². The third-order valence-electron chi connectivity index (χ3n) is 2.50. The average Bonchev–Trinajstić information content (AvgIpc) is 2.96. The summed E-state index contributed by atoms with van der Waals surface area (Å²) in [5.41, 5.74) is 1.29. The summed E-state index contributed by atoms with van der Waals surface area (Å²) in [6, 6.07) is 6.79. The Morgan fingerprint density at radius 1 is 1.32 bits per heavy atom. The first kappa shape index (κ1) is 12.6. The minimum atomic E-state index is -3.54. The number of anilines is 1. The molecule has 98 valence electrons. The van der Waals surface area contributed by atoms with Crippen molar-refractivity contribution in [3.8, 4) is 0 Å². The second-order valence-electron chi connectivity index (χ2n) is 3.86. The summed E-state index contributed by atoms with van der Waals surface area (Å²) < 4.78 is 27.8. The first-order valence-electron chi connectivity index (χ1n) is 5.24. The summed E-state index contributed by atoms with van der Waals surface area (Å²) in [5, 5.41) is 9.35. The molecule has 0 amide bonds. The van der Waals surface area contributed by atoms with E-state index in [0.29, 0.717) is 5.69 Å². The van der Waals surface area contributed by atoms with Crippen molar-refractivity contribution in [1.82, 2.24) is 10.2 Å². The molecule has 1 aromatic carbocycles. The van der Waals surface area contributed by atoms with Crippen molar-refractivity contribution in [1.29, 1.82) is 0 Å². The van der Waals surface area contributed by atoms with Gasteiger partial charge in [-0.05, 0) is 40.2 Å². The second-order valence-corrected chi connectivity index (χ2v) is 7.60. The summed E-state index contributed by atoms with van der Waals surface area (Å²) in [6.45, 7) is 0. The zero-order valence-corrected chi connectivity index (χ0v) is 12.6. The largest absolute Gasteiger partial charge is 0.279 e. The topological polar surface area (TPSA) is 74.8 Å². The first-order valence-corrected chi connectivity index (χ1v) is 8.40. The predicted molar refractivity (Wildman–Crippen MR) is 78.9 cm³/mol. The molecule has 8 heteroatoms. The maximum Gasteiger partial charge on any atom is 0.271 e. The number of benzene rings is 1. The highest BCUT2D eigenvalue weighted by molar-refractivity contribution is 9.10. The summed E-state index contributed by atoms with van der Waals surface area (Å²) >= 11 is 4.41. The number of rotatable bonds is 3. The van der Waals surface area contributed by atoms with E-state index in [9.17, 15) is 8.42 Å². The predicted octanol–water partition coefficient (Wildman–Crippen LogP) is 3.19. The summed E-state index contributed by atoms with van der Waals surface area (Å²) in [4.78, 5) is 0. The third-order valence-corrected chi connectivity index (χ3v) is 6.08. The quantitative estimate of drug-likeness (QED) is 0.755. The molecule has 0 bridgehead atoms. The van der Waals surface area contributed by atoms with Gasteiger partial charge in [-0.15, -0.1) is 11.3 Å². The van der Waals surface area contributed by atoms with Gasteiger partial charge in [0, 0.05) is 15.2 Å². The Bertz CT molecular complexity index is 838. The van der Waals surface area contributed by atoms with Crippen LogP contribution in [0.2, 0.25) is 0 Å². The third kappa shape index (κ3) is 2.51. The number of fused-ring (bicyclic) bond motifs is 1. The highest BCUT2D eigenvalue weighted by atomic mass is 79.9. The van der Waals surface area contributed by atoms with Crippen LogP contribution in [0.25, 0.3) is 10.9 Å². The average molecular weight is 358 g/mol. The molecule has 19 heavy (non-hydrogen) atoms. The van der Waals surface area contributed by atoms with Gasteiger partial charge in [0.05, 0.1) is 17.4 Å². The van der Waals surface area contributed by atoms with Crippen LogP contribution in [0.4, 0.5) is 5.69 Å². The number of nitrogens with one attached hydrogen (secondary N) is 2. The number of thiophene rings is 1. The molecule has 5 nitrogen and oxygen atoms in total. The smallest absolute Gasteiger partial charge is 0.271 e. The fraction of sp³-hybridized carbons (Fsp3) is 0. The van der Waals surface area contributed by atoms with Crippen LogP contribution in [-0.4, -0.2) is 18.6 Å². The van der Waals surface area contributed by atoms with Gasteiger partial charge < -0.3 is 0 Å². The van der Waals surface area contributed by atoms with Gasteiger partial charge in [0.25, 0.3) is 10.0 Å².